The summed E-state index contributed by atoms with van der Waals surface area (Å²) in [5.41, 5.74) is 8.29. The van der Waals surface area contributed by atoms with Gasteiger partial charge in [0.15, 0.2) is 0 Å². The van der Waals surface area contributed by atoms with Crippen molar-refractivity contribution in [2.75, 3.05) is 0 Å². The van der Waals surface area contributed by atoms with Crippen molar-refractivity contribution in [3.05, 3.63) is 30.4 Å². The van der Waals surface area contributed by atoms with Crippen LogP contribution in [0.1, 0.15) is 25.6 Å². The van der Waals surface area contributed by atoms with Gasteiger partial charge in [-0.05, 0) is 19.9 Å². The minimum absolute atomic E-state index is 0.295. The number of hydrogen-bond donors (Lipinski definition) is 1. The van der Waals surface area contributed by atoms with Gasteiger partial charge in [0, 0.05) is 25.0 Å². The Balaban J connectivity index is 2.44. The second-order valence-electron chi connectivity index (χ2n) is 3.85. The molecule has 16 heavy (non-hydrogen) atoms. The number of hydrogen-bond acceptors (Lipinski definition) is 4. The van der Waals surface area contributed by atoms with E-state index >= 15 is 0 Å². The summed E-state index contributed by atoms with van der Waals surface area (Å²) < 4.78 is 1.92. The largest absolute Gasteiger partial charge is 0.325 e. The summed E-state index contributed by atoms with van der Waals surface area (Å²) in [7, 11) is 0. The Morgan fingerprint density at radius 1 is 1.31 bits per heavy atom. The molecule has 2 aromatic heterocycles. The topological polar surface area (TPSA) is 69.6 Å². The van der Waals surface area contributed by atoms with Gasteiger partial charge in [-0.3, -0.25) is 14.6 Å². The zero-order chi connectivity index (χ0) is 11.5. The van der Waals surface area contributed by atoms with Crippen LogP contribution in [0.5, 0.6) is 0 Å². The predicted molar refractivity (Wildman–Crippen MR) is 61.5 cm³/mol. The molecule has 2 aromatic rings. The molecule has 0 saturated carbocycles. The average molecular weight is 217 g/mol. The van der Waals surface area contributed by atoms with Gasteiger partial charge in [-0.15, -0.1) is 0 Å². The minimum Gasteiger partial charge on any atom is -0.325 e. The first-order valence-corrected chi connectivity index (χ1v) is 5.27. The maximum absolute atomic E-state index is 5.68. The van der Waals surface area contributed by atoms with Gasteiger partial charge < -0.3 is 5.73 Å². The fourth-order valence-corrected chi connectivity index (χ4v) is 1.59. The summed E-state index contributed by atoms with van der Waals surface area (Å²) in [5.74, 6) is 0. The molecule has 0 saturated heterocycles. The molecule has 2 heterocycles. The van der Waals surface area contributed by atoms with Crippen LogP contribution in [0.15, 0.2) is 24.7 Å². The van der Waals surface area contributed by atoms with E-state index in [1.807, 2.05) is 10.7 Å². The van der Waals surface area contributed by atoms with Crippen molar-refractivity contribution in [2.24, 2.45) is 5.73 Å². The molecule has 0 spiro atoms. The van der Waals surface area contributed by atoms with Crippen LogP contribution in [-0.2, 0) is 6.54 Å². The van der Waals surface area contributed by atoms with E-state index in [-0.39, 0.29) is 0 Å². The summed E-state index contributed by atoms with van der Waals surface area (Å²) in [6, 6.07) is 2.26. The molecule has 5 nitrogen and oxygen atoms in total. The number of rotatable bonds is 3. The molecule has 0 aliphatic carbocycles. The average Bonchev–Trinajstić information content (AvgIpc) is 2.74. The first-order valence-electron chi connectivity index (χ1n) is 5.27. The number of aromatic nitrogens is 4. The molecule has 0 bridgehead atoms. The van der Waals surface area contributed by atoms with Crippen molar-refractivity contribution in [3.8, 4) is 11.4 Å². The summed E-state index contributed by atoms with van der Waals surface area (Å²) in [4.78, 5) is 8.25. The van der Waals surface area contributed by atoms with Crippen molar-refractivity contribution in [2.45, 2.75) is 26.4 Å². The van der Waals surface area contributed by atoms with Crippen LogP contribution in [0.2, 0.25) is 0 Å². The van der Waals surface area contributed by atoms with Crippen molar-refractivity contribution < 1.29 is 0 Å². The van der Waals surface area contributed by atoms with Crippen LogP contribution < -0.4 is 5.73 Å². The van der Waals surface area contributed by atoms with Gasteiger partial charge in [0.1, 0.15) is 11.4 Å². The highest BCUT2D eigenvalue weighted by Crippen LogP contribution is 2.18. The summed E-state index contributed by atoms with van der Waals surface area (Å²) in [6.07, 6.45) is 5.01. The summed E-state index contributed by atoms with van der Waals surface area (Å²) in [5, 5.41) is 4.48. The Bertz CT molecular complexity index is 460. The Hall–Kier alpha value is -1.75. The van der Waals surface area contributed by atoms with Gasteiger partial charge in [0.05, 0.1) is 11.9 Å². The molecule has 0 fully saturated rings. The molecule has 0 aromatic carbocycles. The Morgan fingerprint density at radius 3 is 2.62 bits per heavy atom. The summed E-state index contributed by atoms with van der Waals surface area (Å²) in [6.45, 7) is 4.63. The zero-order valence-corrected chi connectivity index (χ0v) is 9.46. The highest BCUT2D eigenvalue weighted by Gasteiger charge is 2.11. The highest BCUT2D eigenvalue weighted by atomic mass is 15.3. The fourth-order valence-electron chi connectivity index (χ4n) is 1.59. The van der Waals surface area contributed by atoms with Crippen molar-refractivity contribution >= 4 is 0 Å². The van der Waals surface area contributed by atoms with Gasteiger partial charge in [-0.1, -0.05) is 0 Å². The SMILES string of the molecule is CC(C)n1nc(-c2cnccn2)cc1CN. The van der Waals surface area contributed by atoms with Crippen LogP contribution in [0.25, 0.3) is 11.4 Å². The quantitative estimate of drug-likeness (QED) is 0.843. The fraction of sp³-hybridized carbons (Fsp3) is 0.364. The van der Waals surface area contributed by atoms with E-state index in [9.17, 15) is 0 Å². The van der Waals surface area contributed by atoms with Crippen LogP contribution in [0, 0.1) is 0 Å². The monoisotopic (exact) mass is 217 g/mol. The number of nitrogens with two attached hydrogens (primary N) is 1. The number of nitrogens with zero attached hydrogens (tertiary/aromatic N) is 4. The lowest BCUT2D eigenvalue weighted by molar-refractivity contribution is 0.511. The molecule has 2 N–H and O–H groups in total. The maximum Gasteiger partial charge on any atom is 0.113 e. The first-order chi connectivity index (χ1) is 7.72. The molecular formula is C11H15N5. The lowest BCUT2D eigenvalue weighted by atomic mass is 10.3. The Labute approximate surface area is 94.3 Å². The molecule has 0 aliphatic rings. The van der Waals surface area contributed by atoms with Crippen molar-refractivity contribution in [1.29, 1.82) is 0 Å². The minimum atomic E-state index is 0.295. The smallest absolute Gasteiger partial charge is 0.113 e. The van der Waals surface area contributed by atoms with Crippen molar-refractivity contribution in [3.63, 3.8) is 0 Å². The molecule has 2 rings (SSSR count). The van der Waals surface area contributed by atoms with Gasteiger partial charge in [0.25, 0.3) is 0 Å². The van der Waals surface area contributed by atoms with Gasteiger partial charge in [0.2, 0.25) is 0 Å². The van der Waals surface area contributed by atoms with Crippen molar-refractivity contribution in [1.82, 2.24) is 19.7 Å². The van der Waals surface area contributed by atoms with E-state index in [0.717, 1.165) is 17.1 Å². The van der Waals surface area contributed by atoms with E-state index in [1.54, 1.807) is 18.6 Å². The van der Waals surface area contributed by atoms with E-state index in [2.05, 4.69) is 28.9 Å². The van der Waals surface area contributed by atoms with E-state index in [1.165, 1.54) is 0 Å². The predicted octanol–water partition coefficient (Wildman–Crippen LogP) is 1.38. The van der Waals surface area contributed by atoms with Crippen LogP contribution in [0.3, 0.4) is 0 Å². The van der Waals surface area contributed by atoms with Crippen LogP contribution >= 0.6 is 0 Å². The van der Waals surface area contributed by atoms with E-state index in [0.29, 0.717) is 12.6 Å². The molecule has 0 radical (unpaired) electrons. The van der Waals surface area contributed by atoms with Gasteiger partial charge in [-0.25, -0.2) is 0 Å². The maximum atomic E-state index is 5.68. The third-order valence-corrected chi connectivity index (χ3v) is 2.34. The molecular weight excluding hydrogens is 202 g/mol. The van der Waals surface area contributed by atoms with E-state index < -0.39 is 0 Å². The third kappa shape index (κ3) is 1.94. The molecule has 0 atom stereocenters. The summed E-state index contributed by atoms with van der Waals surface area (Å²) >= 11 is 0. The van der Waals surface area contributed by atoms with Crippen LogP contribution in [-0.4, -0.2) is 19.7 Å². The zero-order valence-electron chi connectivity index (χ0n) is 9.46. The Morgan fingerprint density at radius 2 is 2.12 bits per heavy atom. The second-order valence-corrected chi connectivity index (χ2v) is 3.85. The normalized spacial score (nSPS) is 11.0. The first kappa shape index (κ1) is 10.8. The lowest BCUT2D eigenvalue weighted by Gasteiger charge is -2.08. The lowest BCUT2D eigenvalue weighted by Crippen LogP contribution is -2.10. The van der Waals surface area contributed by atoms with Gasteiger partial charge in [-0.2, -0.15) is 5.10 Å². The van der Waals surface area contributed by atoms with E-state index in [4.69, 9.17) is 5.73 Å². The molecule has 0 unspecified atom stereocenters. The van der Waals surface area contributed by atoms with Crippen LogP contribution in [0.4, 0.5) is 0 Å². The van der Waals surface area contributed by atoms with Gasteiger partial charge >= 0.3 is 0 Å². The second kappa shape index (κ2) is 4.40. The molecule has 84 valence electrons. The molecule has 0 amide bonds. The molecule has 0 aliphatic heterocycles. The third-order valence-electron chi connectivity index (χ3n) is 2.34. The standard InChI is InChI=1S/C11H15N5/c1-8(2)16-9(6-12)5-10(15-16)11-7-13-3-4-14-11/h3-5,7-8H,6,12H2,1-2H3. The molecule has 5 heteroatoms. The highest BCUT2D eigenvalue weighted by molar-refractivity contribution is 5.52. The Kier molecular flexibility index (Phi) is 2.96.